The molecule has 4 aromatic rings. The van der Waals surface area contributed by atoms with Gasteiger partial charge in [0.25, 0.3) is 0 Å². The van der Waals surface area contributed by atoms with Crippen molar-refractivity contribution >= 4 is 0 Å². The Labute approximate surface area is 193 Å². The van der Waals surface area contributed by atoms with Crippen LogP contribution in [0.15, 0.2) is 109 Å². The van der Waals surface area contributed by atoms with Crippen molar-refractivity contribution < 1.29 is 30.6 Å². The number of hydrogen-bond donors (Lipinski definition) is 6. The molecule has 0 amide bonds. The summed E-state index contributed by atoms with van der Waals surface area (Å²) in [5.74, 6) is 0.660. The molecule has 0 aliphatic rings. The zero-order chi connectivity index (χ0) is 24.3. The Morgan fingerprint density at radius 2 is 0.606 bits per heavy atom. The average molecular weight is 451 g/mol. The van der Waals surface area contributed by atoms with Gasteiger partial charge in [-0.1, -0.05) is 72.8 Å². The molecule has 4 rings (SSSR count). The summed E-state index contributed by atoms with van der Waals surface area (Å²) in [5, 5.41) is 51.7. The van der Waals surface area contributed by atoms with Crippen molar-refractivity contribution in [3.8, 4) is 17.2 Å². The van der Waals surface area contributed by atoms with Crippen LogP contribution >= 0.6 is 0 Å². The van der Waals surface area contributed by atoms with Crippen LogP contribution in [0.5, 0.6) is 17.2 Å². The highest BCUT2D eigenvalue weighted by molar-refractivity contribution is 5.28. The van der Waals surface area contributed by atoms with Gasteiger partial charge in [-0.25, -0.2) is 0 Å². The number of aliphatic hydroxyl groups excluding tert-OH is 3. The van der Waals surface area contributed by atoms with E-state index in [9.17, 15) is 0 Å². The van der Waals surface area contributed by atoms with Crippen molar-refractivity contribution in [2.75, 3.05) is 0 Å². The van der Waals surface area contributed by atoms with Gasteiger partial charge in [0.05, 0.1) is 19.8 Å². The van der Waals surface area contributed by atoms with Gasteiger partial charge in [0.1, 0.15) is 17.2 Å². The largest absolute Gasteiger partial charge is 0.508 e. The Morgan fingerprint density at radius 1 is 0.333 bits per heavy atom. The first-order valence-electron chi connectivity index (χ1n) is 10.1. The summed E-state index contributed by atoms with van der Waals surface area (Å²) in [6, 6.07) is 31.1. The van der Waals surface area contributed by atoms with Gasteiger partial charge < -0.3 is 30.6 Å². The van der Waals surface area contributed by atoms with E-state index in [0.717, 1.165) is 16.7 Å². The van der Waals surface area contributed by atoms with Crippen molar-refractivity contribution in [1.82, 2.24) is 0 Å². The maximum atomic E-state index is 8.65. The van der Waals surface area contributed by atoms with E-state index in [2.05, 4.69) is 0 Å². The smallest absolute Gasteiger partial charge is 0.115 e. The van der Waals surface area contributed by atoms with Crippen molar-refractivity contribution in [2.45, 2.75) is 19.8 Å². The second kappa shape index (κ2) is 16.8. The van der Waals surface area contributed by atoms with Crippen molar-refractivity contribution in [3.05, 3.63) is 126 Å². The molecule has 0 aliphatic heterocycles. The highest BCUT2D eigenvalue weighted by Gasteiger charge is 1.90. The van der Waals surface area contributed by atoms with E-state index in [1.54, 1.807) is 48.5 Å². The lowest BCUT2D eigenvalue weighted by atomic mass is 10.1. The van der Waals surface area contributed by atoms with E-state index >= 15 is 0 Å². The van der Waals surface area contributed by atoms with Crippen LogP contribution in [0.4, 0.5) is 0 Å². The summed E-state index contributed by atoms with van der Waals surface area (Å²) in [7, 11) is 0. The monoisotopic (exact) mass is 450 g/mol. The molecule has 0 atom stereocenters. The van der Waals surface area contributed by atoms with Crippen LogP contribution < -0.4 is 0 Å². The fourth-order valence-corrected chi connectivity index (χ4v) is 2.21. The Morgan fingerprint density at radius 3 is 0.848 bits per heavy atom. The van der Waals surface area contributed by atoms with Crippen LogP contribution in [0.25, 0.3) is 0 Å². The normalized spacial score (nSPS) is 9.18. The Bertz CT molecular complexity index is 929. The van der Waals surface area contributed by atoms with Gasteiger partial charge in [0.2, 0.25) is 0 Å². The molecule has 0 heterocycles. The van der Waals surface area contributed by atoms with Crippen LogP contribution in [0.1, 0.15) is 16.7 Å². The third kappa shape index (κ3) is 13.2. The maximum absolute atomic E-state index is 8.65. The minimum Gasteiger partial charge on any atom is -0.508 e. The molecule has 6 heteroatoms. The van der Waals surface area contributed by atoms with Gasteiger partial charge in [0.15, 0.2) is 0 Å². The molecule has 0 spiro atoms. The highest BCUT2D eigenvalue weighted by Crippen LogP contribution is 2.13. The molecule has 0 bridgehead atoms. The lowest BCUT2D eigenvalue weighted by Crippen LogP contribution is -1.85. The van der Waals surface area contributed by atoms with Gasteiger partial charge in [-0.05, 0) is 53.1 Å². The number of aliphatic hydroxyl groups is 3. The first-order valence-corrected chi connectivity index (χ1v) is 10.1. The number of phenolic OH excluding ortho intramolecular Hbond substituents is 3. The standard InChI is InChI=1S/C8H10O2.C7H8O.C6H6O2.C6H6O/c9-5-7-1-2-8(6-10)4-3-7;8-6-7-4-2-1-3-5-7;7-5-1-2-6(8)4-3-5;7-6-4-2-1-3-5-6/h1-4,9-10H,5-6H2;1-5,8H,6H2;1-4,7-8H;1-5,7H. The zero-order valence-corrected chi connectivity index (χ0v) is 18.2. The summed E-state index contributed by atoms with van der Waals surface area (Å²) in [4.78, 5) is 0. The fourth-order valence-electron chi connectivity index (χ4n) is 2.21. The van der Waals surface area contributed by atoms with Crippen LogP contribution in [-0.2, 0) is 19.8 Å². The van der Waals surface area contributed by atoms with E-state index < -0.39 is 0 Å². The Hall–Kier alpha value is -3.84. The topological polar surface area (TPSA) is 121 Å². The molecule has 0 unspecified atom stereocenters. The second-order valence-electron chi connectivity index (χ2n) is 6.63. The molecular weight excluding hydrogens is 420 g/mol. The summed E-state index contributed by atoms with van der Waals surface area (Å²) in [6.07, 6.45) is 0. The third-order valence-corrected chi connectivity index (χ3v) is 4.02. The van der Waals surface area contributed by atoms with Crippen LogP contribution in [-0.4, -0.2) is 30.6 Å². The SMILES string of the molecule is OCc1ccc(CO)cc1.OCc1ccccc1.Oc1ccc(O)cc1.Oc1ccccc1. The number of hydrogen-bond acceptors (Lipinski definition) is 6. The van der Waals surface area contributed by atoms with Gasteiger partial charge in [-0.15, -0.1) is 0 Å². The summed E-state index contributed by atoms with van der Waals surface area (Å²) < 4.78 is 0. The predicted octanol–water partition coefficient (Wildman–Crippen LogP) is 4.34. The number of para-hydroxylation sites is 1. The molecule has 0 aliphatic carbocycles. The number of aromatic hydroxyl groups is 3. The van der Waals surface area contributed by atoms with Crippen LogP contribution in [0, 0.1) is 0 Å². The van der Waals surface area contributed by atoms with Crippen molar-refractivity contribution in [2.24, 2.45) is 0 Å². The minimum absolute atomic E-state index is 0.0612. The second-order valence-corrected chi connectivity index (χ2v) is 6.63. The molecule has 6 nitrogen and oxygen atoms in total. The molecule has 0 aromatic heterocycles. The first kappa shape index (κ1) is 27.2. The molecule has 33 heavy (non-hydrogen) atoms. The van der Waals surface area contributed by atoms with Gasteiger partial charge in [-0.3, -0.25) is 0 Å². The number of benzene rings is 4. The average Bonchev–Trinajstić information content (AvgIpc) is 2.88. The molecule has 0 radical (unpaired) electrons. The minimum atomic E-state index is 0.0612. The molecule has 174 valence electrons. The van der Waals surface area contributed by atoms with Crippen LogP contribution in [0.2, 0.25) is 0 Å². The van der Waals surface area contributed by atoms with E-state index in [-0.39, 0.29) is 31.3 Å². The summed E-state index contributed by atoms with van der Waals surface area (Å²) in [6.45, 7) is 0.262. The van der Waals surface area contributed by atoms with E-state index in [1.807, 2.05) is 36.4 Å². The van der Waals surface area contributed by atoms with Gasteiger partial charge in [0, 0.05) is 0 Å². The number of phenols is 3. The zero-order valence-electron chi connectivity index (χ0n) is 18.2. The van der Waals surface area contributed by atoms with Gasteiger partial charge >= 0.3 is 0 Å². The number of rotatable bonds is 3. The lowest BCUT2D eigenvalue weighted by molar-refractivity contribution is 0.278. The fraction of sp³-hybridized carbons (Fsp3) is 0.111. The Balaban J connectivity index is 0.000000222. The third-order valence-electron chi connectivity index (χ3n) is 4.02. The summed E-state index contributed by atoms with van der Waals surface area (Å²) >= 11 is 0. The quantitative estimate of drug-likeness (QED) is 0.258. The highest BCUT2D eigenvalue weighted by atomic mass is 16.3. The molecule has 0 saturated carbocycles. The van der Waals surface area contributed by atoms with Gasteiger partial charge in [-0.2, -0.15) is 0 Å². The molecule has 6 N–H and O–H groups in total. The predicted molar refractivity (Wildman–Crippen MR) is 129 cm³/mol. The Kier molecular flexibility index (Phi) is 13.8. The van der Waals surface area contributed by atoms with E-state index in [0.29, 0.717) is 5.75 Å². The molecule has 4 aromatic carbocycles. The molecule has 0 fully saturated rings. The maximum Gasteiger partial charge on any atom is 0.115 e. The van der Waals surface area contributed by atoms with E-state index in [4.69, 9.17) is 30.6 Å². The van der Waals surface area contributed by atoms with E-state index in [1.165, 1.54) is 24.3 Å². The molecule has 0 saturated heterocycles. The molecular formula is C27H30O6. The van der Waals surface area contributed by atoms with Crippen molar-refractivity contribution in [1.29, 1.82) is 0 Å². The first-order chi connectivity index (χ1) is 16.0. The summed E-state index contributed by atoms with van der Waals surface area (Å²) in [5.41, 5.74) is 2.71. The lowest BCUT2D eigenvalue weighted by Gasteiger charge is -1.96. The van der Waals surface area contributed by atoms with Crippen LogP contribution in [0.3, 0.4) is 0 Å². The van der Waals surface area contributed by atoms with Crippen molar-refractivity contribution in [3.63, 3.8) is 0 Å².